The standard InChI is InChI=1S/C27H27N3O3S/c1-29(2)21-12-10-20(11-13-21)28-27(32)19-8-6-18(7-9-19)22-17-34-26-23(31)16-24(33-25(22)26)30-14-4-3-5-15-30/h6-13,16-17H,3-5,14-15H2,1-2H3,(H,28,32). The molecule has 6 nitrogen and oxygen atoms in total. The first-order chi connectivity index (χ1) is 16.5. The van der Waals surface area contributed by atoms with E-state index in [0.29, 0.717) is 21.7 Å². The fraction of sp³-hybridized carbons (Fsp3) is 0.259. The third kappa shape index (κ3) is 4.43. The number of benzene rings is 2. The van der Waals surface area contributed by atoms with Crippen LogP contribution in [0.2, 0.25) is 0 Å². The van der Waals surface area contributed by atoms with E-state index < -0.39 is 0 Å². The second-order valence-corrected chi connectivity index (χ2v) is 9.66. The van der Waals surface area contributed by atoms with Gasteiger partial charge < -0.3 is 19.5 Å². The van der Waals surface area contributed by atoms with E-state index >= 15 is 0 Å². The SMILES string of the molecule is CN(C)c1ccc(NC(=O)c2ccc(-c3csc4c(=O)cc(N5CCCCC5)oc34)cc2)cc1. The summed E-state index contributed by atoms with van der Waals surface area (Å²) in [6.07, 6.45) is 3.44. The lowest BCUT2D eigenvalue weighted by Crippen LogP contribution is -2.29. The lowest BCUT2D eigenvalue weighted by Gasteiger charge is -2.26. The molecule has 0 saturated carbocycles. The van der Waals surface area contributed by atoms with E-state index in [-0.39, 0.29) is 11.3 Å². The zero-order valence-electron chi connectivity index (χ0n) is 19.3. The molecule has 0 spiro atoms. The highest BCUT2D eigenvalue weighted by Gasteiger charge is 2.18. The van der Waals surface area contributed by atoms with Gasteiger partial charge in [-0.1, -0.05) is 12.1 Å². The molecule has 1 aliphatic heterocycles. The highest BCUT2D eigenvalue weighted by molar-refractivity contribution is 7.17. The second-order valence-electron chi connectivity index (χ2n) is 8.78. The van der Waals surface area contributed by atoms with Crippen LogP contribution < -0.4 is 20.5 Å². The van der Waals surface area contributed by atoms with Crippen molar-refractivity contribution in [2.24, 2.45) is 0 Å². The van der Waals surface area contributed by atoms with Crippen molar-refractivity contribution in [3.63, 3.8) is 0 Å². The Hall–Kier alpha value is -3.58. The quantitative estimate of drug-likeness (QED) is 0.395. The zero-order valence-corrected chi connectivity index (χ0v) is 20.2. The Balaban J connectivity index is 1.38. The van der Waals surface area contributed by atoms with Gasteiger partial charge in [-0.3, -0.25) is 9.59 Å². The number of hydrogen-bond acceptors (Lipinski definition) is 6. The van der Waals surface area contributed by atoms with Crippen LogP contribution in [0.25, 0.3) is 21.4 Å². The first-order valence-electron chi connectivity index (χ1n) is 11.5. The van der Waals surface area contributed by atoms with E-state index in [9.17, 15) is 9.59 Å². The summed E-state index contributed by atoms with van der Waals surface area (Å²) in [6.45, 7) is 1.82. The Labute approximate surface area is 202 Å². The molecule has 0 aliphatic carbocycles. The number of nitrogens with zero attached hydrogens (tertiary/aromatic N) is 2. The van der Waals surface area contributed by atoms with Gasteiger partial charge in [0.05, 0.1) is 0 Å². The first kappa shape index (κ1) is 22.2. The van der Waals surface area contributed by atoms with E-state index in [1.165, 1.54) is 17.8 Å². The maximum absolute atomic E-state index is 12.7. The van der Waals surface area contributed by atoms with Crippen molar-refractivity contribution < 1.29 is 9.21 Å². The van der Waals surface area contributed by atoms with Crippen molar-refractivity contribution in [1.82, 2.24) is 0 Å². The molecule has 0 atom stereocenters. The van der Waals surface area contributed by atoms with Gasteiger partial charge in [-0.25, -0.2) is 0 Å². The summed E-state index contributed by atoms with van der Waals surface area (Å²) in [5.74, 6) is 0.478. The van der Waals surface area contributed by atoms with Crippen LogP contribution in [0.15, 0.2) is 69.2 Å². The highest BCUT2D eigenvalue weighted by atomic mass is 32.1. The number of anilines is 3. The molecule has 7 heteroatoms. The number of hydrogen-bond donors (Lipinski definition) is 1. The summed E-state index contributed by atoms with van der Waals surface area (Å²) in [4.78, 5) is 29.6. The van der Waals surface area contributed by atoms with Crippen LogP contribution in [-0.2, 0) is 0 Å². The Morgan fingerprint density at radius 2 is 1.71 bits per heavy atom. The molecular formula is C27H27N3O3S. The maximum Gasteiger partial charge on any atom is 0.255 e. The number of fused-ring (bicyclic) bond motifs is 1. The fourth-order valence-corrected chi connectivity index (χ4v) is 5.16. The lowest BCUT2D eigenvalue weighted by molar-refractivity contribution is 0.102. The molecule has 3 heterocycles. The van der Waals surface area contributed by atoms with Crippen molar-refractivity contribution in [1.29, 1.82) is 0 Å². The van der Waals surface area contributed by atoms with Gasteiger partial charge in [0.2, 0.25) is 5.43 Å². The van der Waals surface area contributed by atoms with Gasteiger partial charge in [0, 0.05) is 61.1 Å². The van der Waals surface area contributed by atoms with E-state index in [0.717, 1.165) is 48.4 Å². The van der Waals surface area contributed by atoms with Gasteiger partial charge in [0.1, 0.15) is 4.70 Å². The minimum atomic E-state index is -0.168. The highest BCUT2D eigenvalue weighted by Crippen LogP contribution is 2.35. The first-order valence-corrected chi connectivity index (χ1v) is 12.4. The van der Waals surface area contributed by atoms with Gasteiger partial charge in [-0.05, 0) is 61.2 Å². The lowest BCUT2D eigenvalue weighted by atomic mass is 10.1. The number of piperidine rings is 1. The second kappa shape index (κ2) is 9.35. The molecule has 5 rings (SSSR count). The monoisotopic (exact) mass is 473 g/mol. The normalized spacial score (nSPS) is 13.8. The molecular weight excluding hydrogens is 446 g/mol. The third-order valence-electron chi connectivity index (χ3n) is 6.20. The Morgan fingerprint density at radius 3 is 2.38 bits per heavy atom. The van der Waals surface area contributed by atoms with Crippen LogP contribution in [-0.4, -0.2) is 33.1 Å². The Morgan fingerprint density at radius 1 is 1.00 bits per heavy atom. The maximum atomic E-state index is 12.7. The van der Waals surface area contributed by atoms with E-state index in [4.69, 9.17) is 4.42 Å². The van der Waals surface area contributed by atoms with Crippen molar-refractivity contribution >= 4 is 44.8 Å². The topological polar surface area (TPSA) is 65.8 Å². The van der Waals surface area contributed by atoms with Crippen molar-refractivity contribution in [2.75, 3.05) is 42.3 Å². The number of carbonyl (C=O) groups excluding carboxylic acids is 1. The molecule has 1 amide bonds. The number of amides is 1. The van der Waals surface area contributed by atoms with Crippen molar-refractivity contribution in [2.45, 2.75) is 19.3 Å². The van der Waals surface area contributed by atoms with Gasteiger partial charge in [0.25, 0.3) is 5.91 Å². The van der Waals surface area contributed by atoms with Crippen LogP contribution in [0, 0.1) is 0 Å². The average Bonchev–Trinajstić information content (AvgIpc) is 3.30. The molecule has 1 fully saturated rings. The van der Waals surface area contributed by atoms with E-state index in [1.807, 2.05) is 60.8 Å². The molecule has 1 N–H and O–H groups in total. The number of carbonyl (C=O) groups is 1. The average molecular weight is 474 g/mol. The summed E-state index contributed by atoms with van der Waals surface area (Å²) < 4.78 is 6.87. The summed E-state index contributed by atoms with van der Waals surface area (Å²) in [7, 11) is 3.96. The minimum Gasteiger partial charge on any atom is -0.439 e. The van der Waals surface area contributed by atoms with Gasteiger partial charge in [0.15, 0.2) is 11.5 Å². The largest absolute Gasteiger partial charge is 0.439 e. The third-order valence-corrected chi connectivity index (χ3v) is 7.17. The molecule has 174 valence electrons. The summed E-state index contributed by atoms with van der Waals surface area (Å²) in [6, 6.07) is 16.7. The van der Waals surface area contributed by atoms with E-state index in [2.05, 4.69) is 10.2 Å². The molecule has 1 aliphatic rings. The Bertz CT molecular complexity index is 1370. The van der Waals surface area contributed by atoms with Crippen molar-refractivity contribution in [3.8, 4) is 11.1 Å². The molecule has 2 aromatic carbocycles. The van der Waals surface area contributed by atoms with Gasteiger partial charge >= 0.3 is 0 Å². The molecule has 0 unspecified atom stereocenters. The molecule has 4 aromatic rings. The molecule has 34 heavy (non-hydrogen) atoms. The molecule has 2 aromatic heterocycles. The molecule has 0 radical (unpaired) electrons. The van der Waals surface area contributed by atoms with Crippen LogP contribution in [0.4, 0.5) is 17.3 Å². The van der Waals surface area contributed by atoms with Crippen LogP contribution in [0.5, 0.6) is 0 Å². The van der Waals surface area contributed by atoms with Crippen LogP contribution >= 0.6 is 11.3 Å². The van der Waals surface area contributed by atoms with Crippen LogP contribution in [0.3, 0.4) is 0 Å². The molecule has 1 saturated heterocycles. The van der Waals surface area contributed by atoms with Crippen molar-refractivity contribution in [3.05, 3.63) is 75.8 Å². The van der Waals surface area contributed by atoms with Crippen LogP contribution in [0.1, 0.15) is 29.6 Å². The summed E-state index contributed by atoms with van der Waals surface area (Å²) >= 11 is 1.40. The Kier molecular flexibility index (Phi) is 6.11. The smallest absolute Gasteiger partial charge is 0.255 e. The number of rotatable bonds is 5. The zero-order chi connectivity index (χ0) is 23.7. The number of thiophene rings is 1. The predicted octanol–water partition coefficient (Wildman–Crippen LogP) is 5.83. The van der Waals surface area contributed by atoms with Gasteiger partial charge in [-0.15, -0.1) is 11.3 Å². The van der Waals surface area contributed by atoms with Gasteiger partial charge in [-0.2, -0.15) is 0 Å². The number of nitrogens with one attached hydrogen (secondary N) is 1. The summed E-state index contributed by atoms with van der Waals surface area (Å²) in [5, 5.41) is 4.89. The van der Waals surface area contributed by atoms with E-state index in [1.54, 1.807) is 18.2 Å². The molecule has 0 bridgehead atoms. The summed E-state index contributed by atoms with van der Waals surface area (Å²) in [5.41, 5.74) is 4.79. The minimum absolute atomic E-state index is 0.00523. The fourth-order valence-electron chi connectivity index (χ4n) is 4.25. The predicted molar refractivity (Wildman–Crippen MR) is 141 cm³/mol.